The third-order valence-electron chi connectivity index (χ3n) is 2.59. The fraction of sp³-hybridized carbons (Fsp3) is 0.0714. The third-order valence-corrected chi connectivity index (χ3v) is 4.02. The summed E-state index contributed by atoms with van der Waals surface area (Å²) >= 11 is 6.42. The van der Waals surface area contributed by atoms with Gasteiger partial charge in [-0.15, -0.1) is 0 Å². The van der Waals surface area contributed by atoms with Gasteiger partial charge in [-0.25, -0.2) is 8.78 Å². The number of ketones is 1. The van der Waals surface area contributed by atoms with Crippen molar-refractivity contribution in [2.24, 2.45) is 0 Å². The predicted octanol–water partition coefficient (Wildman–Crippen LogP) is 4.92. The molecule has 0 fully saturated rings. The summed E-state index contributed by atoms with van der Waals surface area (Å²) in [4.78, 5) is 12.1. The Bertz CT molecular complexity index is 641. The van der Waals surface area contributed by atoms with E-state index in [1.807, 2.05) is 0 Å². The molecular formula is C14H8Br2F2O. The highest BCUT2D eigenvalue weighted by atomic mass is 79.9. The fourth-order valence-corrected chi connectivity index (χ4v) is 2.60. The Labute approximate surface area is 125 Å². The number of rotatable bonds is 3. The van der Waals surface area contributed by atoms with E-state index in [1.54, 1.807) is 0 Å². The van der Waals surface area contributed by atoms with E-state index in [4.69, 9.17) is 0 Å². The van der Waals surface area contributed by atoms with Crippen LogP contribution in [0.2, 0.25) is 0 Å². The maximum Gasteiger partial charge on any atom is 0.168 e. The van der Waals surface area contributed by atoms with Gasteiger partial charge in [0.25, 0.3) is 0 Å². The molecule has 0 aromatic heterocycles. The van der Waals surface area contributed by atoms with E-state index in [9.17, 15) is 13.6 Å². The molecule has 0 saturated heterocycles. The standard InChI is InChI=1S/C14H8Br2F2O/c15-12-4-3-9(17)6-11(12)14(19)5-8-1-2-10(18)7-13(8)16/h1-4,6-7H,5H2. The van der Waals surface area contributed by atoms with Crippen molar-refractivity contribution in [3.63, 3.8) is 0 Å². The lowest BCUT2D eigenvalue weighted by Gasteiger charge is -2.06. The molecule has 0 saturated carbocycles. The average molecular weight is 390 g/mol. The van der Waals surface area contributed by atoms with Gasteiger partial charge in [-0.2, -0.15) is 0 Å². The molecule has 0 amide bonds. The molecule has 2 aromatic rings. The van der Waals surface area contributed by atoms with E-state index in [0.717, 1.165) is 0 Å². The van der Waals surface area contributed by atoms with Gasteiger partial charge in [0.15, 0.2) is 5.78 Å². The largest absolute Gasteiger partial charge is 0.294 e. The molecule has 0 heterocycles. The molecule has 0 spiro atoms. The van der Waals surface area contributed by atoms with Gasteiger partial charge < -0.3 is 0 Å². The Kier molecular flexibility index (Phi) is 4.47. The van der Waals surface area contributed by atoms with Gasteiger partial charge in [-0.1, -0.05) is 37.9 Å². The van der Waals surface area contributed by atoms with E-state index >= 15 is 0 Å². The Balaban J connectivity index is 2.28. The zero-order chi connectivity index (χ0) is 14.0. The van der Waals surface area contributed by atoms with Crippen LogP contribution in [0.3, 0.4) is 0 Å². The highest BCUT2D eigenvalue weighted by Gasteiger charge is 2.13. The molecular weight excluding hydrogens is 382 g/mol. The van der Waals surface area contributed by atoms with Crippen molar-refractivity contribution >= 4 is 37.6 Å². The van der Waals surface area contributed by atoms with Crippen molar-refractivity contribution in [1.82, 2.24) is 0 Å². The summed E-state index contributed by atoms with van der Waals surface area (Å²) in [5.41, 5.74) is 0.929. The molecule has 1 nitrogen and oxygen atoms in total. The quantitative estimate of drug-likeness (QED) is 0.681. The van der Waals surface area contributed by atoms with Crippen LogP contribution in [0.1, 0.15) is 15.9 Å². The number of hydrogen-bond donors (Lipinski definition) is 0. The molecule has 98 valence electrons. The zero-order valence-corrected chi connectivity index (χ0v) is 12.8. The maximum absolute atomic E-state index is 13.1. The molecule has 0 aliphatic carbocycles. The first-order valence-electron chi connectivity index (χ1n) is 5.39. The molecule has 0 aliphatic rings. The summed E-state index contributed by atoms with van der Waals surface area (Å²) < 4.78 is 27.2. The van der Waals surface area contributed by atoms with Crippen LogP contribution >= 0.6 is 31.9 Å². The van der Waals surface area contributed by atoms with Gasteiger partial charge >= 0.3 is 0 Å². The van der Waals surface area contributed by atoms with Gasteiger partial charge in [0.2, 0.25) is 0 Å². The summed E-state index contributed by atoms with van der Waals surface area (Å²) in [6.45, 7) is 0. The van der Waals surface area contributed by atoms with Crippen LogP contribution < -0.4 is 0 Å². The van der Waals surface area contributed by atoms with Crippen molar-refractivity contribution in [3.05, 3.63) is 68.1 Å². The molecule has 0 N–H and O–H groups in total. The highest BCUT2D eigenvalue weighted by molar-refractivity contribution is 9.10. The Morgan fingerprint density at radius 1 is 0.947 bits per heavy atom. The van der Waals surface area contributed by atoms with Crippen LogP contribution in [0, 0.1) is 11.6 Å². The topological polar surface area (TPSA) is 17.1 Å². The lowest BCUT2D eigenvalue weighted by atomic mass is 10.0. The highest BCUT2D eigenvalue weighted by Crippen LogP contribution is 2.23. The van der Waals surface area contributed by atoms with Gasteiger partial charge in [-0.05, 0) is 35.9 Å². The Morgan fingerprint density at radius 3 is 2.26 bits per heavy atom. The number of Topliss-reactive ketones (excluding diaryl/α,β-unsaturated/α-hetero) is 1. The smallest absolute Gasteiger partial charge is 0.168 e. The van der Waals surface area contributed by atoms with E-state index in [2.05, 4.69) is 31.9 Å². The SMILES string of the molecule is O=C(Cc1ccc(F)cc1Br)c1cc(F)ccc1Br. The normalized spacial score (nSPS) is 10.5. The second kappa shape index (κ2) is 5.92. The second-order valence-corrected chi connectivity index (χ2v) is 5.67. The molecule has 2 rings (SSSR count). The monoisotopic (exact) mass is 388 g/mol. The van der Waals surface area contributed by atoms with Crippen LogP contribution in [0.15, 0.2) is 45.3 Å². The van der Waals surface area contributed by atoms with Gasteiger partial charge in [0, 0.05) is 20.9 Å². The molecule has 5 heteroatoms. The number of halogens is 4. The fourth-order valence-electron chi connectivity index (χ4n) is 1.64. The minimum atomic E-state index is -0.468. The second-order valence-electron chi connectivity index (χ2n) is 3.96. The number of hydrogen-bond acceptors (Lipinski definition) is 1. The minimum Gasteiger partial charge on any atom is -0.294 e. The number of carbonyl (C=O) groups excluding carboxylic acids is 1. The van der Waals surface area contributed by atoms with Crippen molar-refractivity contribution in [2.75, 3.05) is 0 Å². The van der Waals surface area contributed by atoms with Gasteiger partial charge in [-0.3, -0.25) is 4.79 Å². The van der Waals surface area contributed by atoms with Gasteiger partial charge in [0.1, 0.15) is 11.6 Å². The average Bonchev–Trinajstić information content (AvgIpc) is 2.35. The van der Waals surface area contributed by atoms with Crippen molar-refractivity contribution in [3.8, 4) is 0 Å². The first-order valence-corrected chi connectivity index (χ1v) is 6.98. The molecule has 2 aromatic carbocycles. The summed E-state index contributed by atoms with van der Waals surface area (Å²) in [5.74, 6) is -1.08. The molecule has 0 unspecified atom stereocenters. The summed E-state index contributed by atoms with van der Waals surface area (Å²) in [7, 11) is 0. The van der Waals surface area contributed by atoms with Gasteiger partial charge in [0.05, 0.1) is 0 Å². The minimum absolute atomic E-state index is 0.0723. The summed E-state index contributed by atoms with van der Waals surface area (Å²) in [6, 6.07) is 8.06. The predicted molar refractivity (Wildman–Crippen MR) is 76.2 cm³/mol. The zero-order valence-electron chi connectivity index (χ0n) is 9.59. The first kappa shape index (κ1) is 14.3. The lowest BCUT2D eigenvalue weighted by Crippen LogP contribution is -2.05. The van der Waals surface area contributed by atoms with E-state index in [1.165, 1.54) is 36.4 Å². The van der Waals surface area contributed by atoms with Crippen molar-refractivity contribution in [2.45, 2.75) is 6.42 Å². The van der Waals surface area contributed by atoms with E-state index in [-0.39, 0.29) is 23.6 Å². The van der Waals surface area contributed by atoms with Crippen LogP contribution in [0.4, 0.5) is 8.78 Å². The molecule has 0 atom stereocenters. The summed E-state index contributed by atoms with van der Waals surface area (Å²) in [5, 5.41) is 0. The molecule has 19 heavy (non-hydrogen) atoms. The Morgan fingerprint density at radius 2 is 1.58 bits per heavy atom. The third kappa shape index (κ3) is 3.48. The lowest BCUT2D eigenvalue weighted by molar-refractivity contribution is 0.0991. The molecule has 0 bridgehead atoms. The summed E-state index contributed by atoms with van der Waals surface area (Å²) in [6.07, 6.45) is 0.0723. The van der Waals surface area contributed by atoms with E-state index in [0.29, 0.717) is 14.5 Å². The van der Waals surface area contributed by atoms with E-state index < -0.39 is 5.82 Å². The van der Waals surface area contributed by atoms with Crippen LogP contribution in [0.5, 0.6) is 0 Å². The maximum atomic E-state index is 13.1. The molecule has 0 radical (unpaired) electrons. The number of benzene rings is 2. The van der Waals surface area contributed by atoms with Crippen molar-refractivity contribution in [1.29, 1.82) is 0 Å². The Hall–Kier alpha value is -1.07. The van der Waals surface area contributed by atoms with Crippen molar-refractivity contribution < 1.29 is 13.6 Å². The first-order chi connectivity index (χ1) is 8.97. The van der Waals surface area contributed by atoms with Crippen LogP contribution in [-0.4, -0.2) is 5.78 Å². The molecule has 0 aliphatic heterocycles. The van der Waals surface area contributed by atoms with Crippen LogP contribution in [-0.2, 0) is 6.42 Å². The van der Waals surface area contributed by atoms with Crippen LogP contribution in [0.25, 0.3) is 0 Å². The number of carbonyl (C=O) groups is 1.